The molecule has 0 unspecified atom stereocenters. The van der Waals surface area contributed by atoms with Crippen LogP contribution < -0.4 is 5.73 Å². The molecule has 1 aromatic carbocycles. The van der Waals surface area contributed by atoms with Crippen molar-refractivity contribution >= 4 is 11.7 Å². The van der Waals surface area contributed by atoms with Gasteiger partial charge in [0.05, 0.1) is 0 Å². The van der Waals surface area contributed by atoms with Gasteiger partial charge in [-0.05, 0) is 24.6 Å². The molecule has 4 nitrogen and oxygen atoms in total. The number of rotatable bonds is 3. The Labute approximate surface area is 112 Å². The number of nitrogen functional groups attached to an aromatic ring is 1. The number of aromatic nitrogens is 1. The summed E-state index contributed by atoms with van der Waals surface area (Å²) in [5.41, 5.74) is 8.45. The fourth-order valence-electron chi connectivity index (χ4n) is 1.84. The molecule has 19 heavy (non-hydrogen) atoms. The lowest BCUT2D eigenvalue weighted by Gasteiger charge is -2.17. The van der Waals surface area contributed by atoms with E-state index >= 15 is 0 Å². The monoisotopic (exact) mass is 255 g/mol. The van der Waals surface area contributed by atoms with Crippen LogP contribution in [0.15, 0.2) is 42.6 Å². The van der Waals surface area contributed by atoms with Crippen molar-refractivity contribution in [1.29, 1.82) is 0 Å². The van der Waals surface area contributed by atoms with Crippen molar-refractivity contribution in [2.75, 3.05) is 12.8 Å². The minimum Gasteiger partial charge on any atom is -0.384 e. The minimum absolute atomic E-state index is 0.0605. The van der Waals surface area contributed by atoms with Gasteiger partial charge in [-0.3, -0.25) is 4.79 Å². The number of hydrogen-bond donors (Lipinski definition) is 1. The van der Waals surface area contributed by atoms with E-state index in [4.69, 9.17) is 5.73 Å². The number of amides is 1. The fraction of sp³-hybridized carbons (Fsp3) is 0.200. The van der Waals surface area contributed by atoms with Gasteiger partial charge in [0, 0.05) is 25.4 Å². The molecular formula is C15H17N3O. The lowest BCUT2D eigenvalue weighted by Crippen LogP contribution is -2.26. The van der Waals surface area contributed by atoms with Crippen LogP contribution in [0.1, 0.15) is 21.5 Å². The summed E-state index contributed by atoms with van der Waals surface area (Å²) < 4.78 is 0. The number of pyridine rings is 1. The number of hydrogen-bond acceptors (Lipinski definition) is 3. The molecule has 0 radical (unpaired) electrons. The van der Waals surface area contributed by atoms with Crippen molar-refractivity contribution in [2.45, 2.75) is 13.5 Å². The Hall–Kier alpha value is -2.36. The fourth-order valence-corrected chi connectivity index (χ4v) is 1.84. The van der Waals surface area contributed by atoms with Gasteiger partial charge in [-0.25, -0.2) is 4.98 Å². The molecule has 1 heterocycles. The van der Waals surface area contributed by atoms with Crippen LogP contribution in [0, 0.1) is 6.92 Å². The third kappa shape index (κ3) is 3.31. The molecule has 0 fully saturated rings. The van der Waals surface area contributed by atoms with Crippen LogP contribution in [0.3, 0.4) is 0 Å². The van der Waals surface area contributed by atoms with Crippen molar-refractivity contribution in [3.63, 3.8) is 0 Å². The van der Waals surface area contributed by atoms with Gasteiger partial charge in [-0.1, -0.05) is 29.8 Å². The SMILES string of the molecule is Cc1ccc(CN(C)C(=O)c2ccnc(N)c2)cc1. The predicted molar refractivity (Wildman–Crippen MR) is 75.6 cm³/mol. The molecular weight excluding hydrogens is 238 g/mol. The highest BCUT2D eigenvalue weighted by molar-refractivity contribution is 5.94. The highest BCUT2D eigenvalue weighted by atomic mass is 16.2. The number of carbonyl (C=O) groups excluding carboxylic acids is 1. The van der Waals surface area contributed by atoms with Crippen LogP contribution in [0.2, 0.25) is 0 Å². The van der Waals surface area contributed by atoms with E-state index < -0.39 is 0 Å². The van der Waals surface area contributed by atoms with Gasteiger partial charge in [0.15, 0.2) is 0 Å². The van der Waals surface area contributed by atoms with Crippen molar-refractivity contribution in [2.24, 2.45) is 0 Å². The van der Waals surface area contributed by atoms with E-state index in [0.717, 1.165) is 5.56 Å². The predicted octanol–water partition coefficient (Wildman–Crippen LogP) is 2.24. The number of anilines is 1. The van der Waals surface area contributed by atoms with Gasteiger partial charge >= 0.3 is 0 Å². The van der Waals surface area contributed by atoms with Crippen molar-refractivity contribution in [3.8, 4) is 0 Å². The van der Waals surface area contributed by atoms with Crippen LogP contribution in [-0.2, 0) is 6.54 Å². The summed E-state index contributed by atoms with van der Waals surface area (Å²) in [4.78, 5) is 17.8. The first kappa shape index (κ1) is 13.1. The molecule has 0 aliphatic heterocycles. The van der Waals surface area contributed by atoms with Gasteiger partial charge in [-0.15, -0.1) is 0 Å². The van der Waals surface area contributed by atoms with E-state index in [1.165, 1.54) is 5.56 Å². The average Bonchev–Trinajstić information content (AvgIpc) is 2.40. The summed E-state index contributed by atoms with van der Waals surface area (Å²) in [5.74, 6) is 0.296. The highest BCUT2D eigenvalue weighted by Crippen LogP contribution is 2.10. The topological polar surface area (TPSA) is 59.2 Å². The van der Waals surface area contributed by atoms with E-state index in [-0.39, 0.29) is 5.91 Å². The van der Waals surface area contributed by atoms with E-state index in [1.807, 2.05) is 31.2 Å². The maximum Gasteiger partial charge on any atom is 0.254 e. The Balaban J connectivity index is 2.09. The molecule has 0 bridgehead atoms. The largest absolute Gasteiger partial charge is 0.384 e. The molecule has 2 rings (SSSR count). The smallest absolute Gasteiger partial charge is 0.254 e. The van der Waals surface area contributed by atoms with Gasteiger partial charge in [0.2, 0.25) is 0 Å². The van der Waals surface area contributed by atoms with Crippen molar-refractivity contribution in [1.82, 2.24) is 9.88 Å². The van der Waals surface area contributed by atoms with E-state index in [1.54, 1.807) is 30.3 Å². The third-order valence-corrected chi connectivity index (χ3v) is 2.92. The highest BCUT2D eigenvalue weighted by Gasteiger charge is 2.12. The second kappa shape index (κ2) is 5.52. The molecule has 98 valence electrons. The molecule has 1 amide bonds. The summed E-state index contributed by atoms with van der Waals surface area (Å²) in [6.07, 6.45) is 1.54. The van der Waals surface area contributed by atoms with Crippen LogP contribution >= 0.6 is 0 Å². The molecule has 2 N–H and O–H groups in total. The van der Waals surface area contributed by atoms with Gasteiger partial charge in [0.25, 0.3) is 5.91 Å². The average molecular weight is 255 g/mol. The van der Waals surface area contributed by atoms with Crippen molar-refractivity contribution < 1.29 is 4.79 Å². The lowest BCUT2D eigenvalue weighted by molar-refractivity contribution is 0.0785. The number of nitrogens with zero attached hydrogens (tertiary/aromatic N) is 2. The molecule has 0 spiro atoms. The Morgan fingerprint density at radius 3 is 2.58 bits per heavy atom. The number of benzene rings is 1. The van der Waals surface area contributed by atoms with E-state index in [0.29, 0.717) is 17.9 Å². The Morgan fingerprint density at radius 2 is 1.95 bits per heavy atom. The first-order valence-electron chi connectivity index (χ1n) is 6.09. The minimum atomic E-state index is -0.0605. The maximum absolute atomic E-state index is 12.2. The third-order valence-electron chi connectivity index (χ3n) is 2.92. The zero-order valence-electron chi connectivity index (χ0n) is 11.1. The standard InChI is InChI=1S/C15H17N3O/c1-11-3-5-12(6-4-11)10-18(2)15(19)13-7-8-17-14(16)9-13/h3-9H,10H2,1-2H3,(H2,16,17). The lowest BCUT2D eigenvalue weighted by atomic mass is 10.1. The molecule has 0 saturated heterocycles. The zero-order valence-corrected chi connectivity index (χ0v) is 11.1. The van der Waals surface area contributed by atoms with Crippen LogP contribution in [0.4, 0.5) is 5.82 Å². The van der Waals surface area contributed by atoms with E-state index in [9.17, 15) is 4.79 Å². The first-order chi connectivity index (χ1) is 9.06. The summed E-state index contributed by atoms with van der Waals surface area (Å²) in [7, 11) is 1.78. The molecule has 0 atom stereocenters. The number of aryl methyl sites for hydroxylation is 1. The summed E-state index contributed by atoms with van der Waals surface area (Å²) in [6.45, 7) is 2.61. The summed E-state index contributed by atoms with van der Waals surface area (Å²) in [5, 5.41) is 0. The van der Waals surface area contributed by atoms with Crippen LogP contribution in [-0.4, -0.2) is 22.8 Å². The van der Waals surface area contributed by atoms with Crippen molar-refractivity contribution in [3.05, 3.63) is 59.3 Å². The summed E-state index contributed by atoms with van der Waals surface area (Å²) >= 11 is 0. The second-order valence-electron chi connectivity index (χ2n) is 4.62. The van der Waals surface area contributed by atoms with Crippen LogP contribution in [0.5, 0.6) is 0 Å². The Kier molecular flexibility index (Phi) is 3.80. The Morgan fingerprint density at radius 1 is 1.26 bits per heavy atom. The van der Waals surface area contributed by atoms with Gasteiger partial charge < -0.3 is 10.6 Å². The number of nitrogens with two attached hydrogens (primary N) is 1. The molecule has 0 aliphatic carbocycles. The second-order valence-corrected chi connectivity index (χ2v) is 4.62. The van der Waals surface area contributed by atoms with Gasteiger partial charge in [0.1, 0.15) is 5.82 Å². The normalized spacial score (nSPS) is 10.2. The van der Waals surface area contributed by atoms with Gasteiger partial charge in [-0.2, -0.15) is 0 Å². The zero-order chi connectivity index (χ0) is 13.8. The number of carbonyl (C=O) groups is 1. The molecule has 0 saturated carbocycles. The molecule has 0 aliphatic rings. The Bertz CT molecular complexity index is 578. The molecule has 2 aromatic rings. The molecule has 1 aromatic heterocycles. The quantitative estimate of drug-likeness (QED) is 0.915. The molecule has 4 heteroatoms. The van der Waals surface area contributed by atoms with Crippen LogP contribution in [0.25, 0.3) is 0 Å². The maximum atomic E-state index is 12.2. The summed E-state index contributed by atoms with van der Waals surface area (Å²) in [6, 6.07) is 11.4. The first-order valence-corrected chi connectivity index (χ1v) is 6.09. The van der Waals surface area contributed by atoms with E-state index in [2.05, 4.69) is 4.98 Å².